The summed E-state index contributed by atoms with van der Waals surface area (Å²) in [6.07, 6.45) is 1.58. The quantitative estimate of drug-likeness (QED) is 0.636. The number of rotatable bonds is 3. The molecular weight excluding hydrogens is 236 g/mol. The van der Waals surface area contributed by atoms with Gasteiger partial charge in [-0.15, -0.1) is 0 Å². The Hall–Kier alpha value is -1.65. The average Bonchev–Trinajstić information content (AvgIpc) is 3.11. The molecule has 3 nitrogen and oxygen atoms in total. The van der Waals surface area contributed by atoms with E-state index in [-0.39, 0.29) is 5.56 Å². The molecule has 1 aromatic carbocycles. The molecule has 0 atom stereocenters. The number of hydrogen-bond acceptors (Lipinski definition) is 1. The first kappa shape index (κ1) is 12.8. The van der Waals surface area contributed by atoms with Gasteiger partial charge in [0.05, 0.1) is 0 Å². The molecule has 0 aliphatic heterocycles. The third kappa shape index (κ3) is 2.30. The molecule has 1 aliphatic carbocycles. The summed E-state index contributed by atoms with van der Waals surface area (Å²) >= 11 is 0. The minimum atomic E-state index is -0.464. The van der Waals surface area contributed by atoms with Crippen molar-refractivity contribution in [2.45, 2.75) is 18.3 Å². The molecule has 0 saturated heterocycles. The molecule has 2 N–H and O–H groups in total. The van der Waals surface area contributed by atoms with Crippen LogP contribution in [-0.2, 0) is 5.41 Å². The first-order valence-corrected chi connectivity index (χ1v) is 5.96. The van der Waals surface area contributed by atoms with E-state index in [1.54, 1.807) is 14.1 Å². The largest absolute Gasteiger partial charge is 0.359 e. The summed E-state index contributed by atoms with van der Waals surface area (Å²) in [5.74, 6) is -0.305. The zero-order chi connectivity index (χ0) is 13.2. The third-order valence-corrected chi connectivity index (χ3v) is 3.40. The predicted octanol–water partition coefficient (Wildman–Crippen LogP) is 1.79. The number of guanidine groups is 1. The van der Waals surface area contributed by atoms with Crippen LogP contribution in [0.4, 0.5) is 8.78 Å². The maximum atomic E-state index is 13.8. The lowest BCUT2D eigenvalue weighted by Crippen LogP contribution is -2.39. The summed E-state index contributed by atoms with van der Waals surface area (Å²) in [4.78, 5) is 3.98. The minimum absolute atomic E-state index is 0.198. The van der Waals surface area contributed by atoms with Crippen molar-refractivity contribution in [2.75, 3.05) is 20.6 Å². The minimum Gasteiger partial charge on any atom is -0.359 e. The van der Waals surface area contributed by atoms with Crippen molar-refractivity contribution in [3.05, 3.63) is 35.4 Å². The molecule has 1 aliphatic rings. The number of nitrogens with zero attached hydrogens (tertiary/aromatic N) is 1. The zero-order valence-corrected chi connectivity index (χ0v) is 10.6. The first-order chi connectivity index (χ1) is 8.63. The van der Waals surface area contributed by atoms with E-state index in [1.165, 1.54) is 18.2 Å². The van der Waals surface area contributed by atoms with Gasteiger partial charge in [0.25, 0.3) is 0 Å². The summed E-state index contributed by atoms with van der Waals surface area (Å²) in [5, 5.41) is 5.96. The van der Waals surface area contributed by atoms with Gasteiger partial charge in [0.15, 0.2) is 5.96 Å². The van der Waals surface area contributed by atoms with E-state index in [2.05, 4.69) is 15.6 Å². The van der Waals surface area contributed by atoms with E-state index in [9.17, 15) is 8.78 Å². The lowest BCUT2D eigenvalue weighted by Gasteiger charge is -2.19. The Balaban J connectivity index is 2.17. The Kier molecular flexibility index (Phi) is 3.50. The van der Waals surface area contributed by atoms with Crippen LogP contribution in [0.2, 0.25) is 0 Å². The van der Waals surface area contributed by atoms with Crippen molar-refractivity contribution in [1.82, 2.24) is 10.6 Å². The van der Waals surface area contributed by atoms with Gasteiger partial charge >= 0.3 is 0 Å². The standard InChI is InChI=1S/C13H17F2N3/c1-16-12(17-2)18-8-13(6-7-13)11-9(14)4-3-5-10(11)15/h3-5H,6-8H2,1-2H3,(H2,16,17,18). The second-order valence-corrected chi connectivity index (χ2v) is 4.55. The van der Waals surface area contributed by atoms with Crippen LogP contribution in [0.5, 0.6) is 0 Å². The molecule has 0 amide bonds. The number of benzene rings is 1. The highest BCUT2D eigenvalue weighted by atomic mass is 19.1. The summed E-state index contributed by atoms with van der Waals surface area (Å²) < 4.78 is 27.5. The molecule has 0 unspecified atom stereocenters. The molecule has 1 saturated carbocycles. The van der Waals surface area contributed by atoms with Crippen LogP contribution in [0.3, 0.4) is 0 Å². The lowest BCUT2D eigenvalue weighted by molar-refractivity contribution is 0.508. The van der Waals surface area contributed by atoms with E-state index in [0.29, 0.717) is 12.5 Å². The first-order valence-electron chi connectivity index (χ1n) is 5.96. The van der Waals surface area contributed by atoms with Gasteiger partial charge < -0.3 is 10.6 Å². The zero-order valence-electron chi connectivity index (χ0n) is 10.6. The lowest BCUT2D eigenvalue weighted by atomic mass is 9.94. The molecule has 0 spiro atoms. The Bertz CT molecular complexity index is 447. The molecule has 0 bridgehead atoms. The Labute approximate surface area is 105 Å². The van der Waals surface area contributed by atoms with Crippen LogP contribution < -0.4 is 10.6 Å². The Morgan fingerprint density at radius 2 is 1.94 bits per heavy atom. The smallest absolute Gasteiger partial charge is 0.190 e. The molecule has 1 fully saturated rings. The number of aliphatic imine (C=N–C) groups is 1. The van der Waals surface area contributed by atoms with Crippen LogP contribution in [-0.4, -0.2) is 26.6 Å². The van der Waals surface area contributed by atoms with E-state index in [1.807, 2.05) is 0 Å². The van der Waals surface area contributed by atoms with E-state index in [0.717, 1.165) is 12.8 Å². The van der Waals surface area contributed by atoms with Crippen LogP contribution in [0, 0.1) is 11.6 Å². The number of nitrogens with one attached hydrogen (secondary N) is 2. The molecule has 98 valence electrons. The van der Waals surface area contributed by atoms with Crippen molar-refractivity contribution in [2.24, 2.45) is 4.99 Å². The van der Waals surface area contributed by atoms with E-state index >= 15 is 0 Å². The monoisotopic (exact) mass is 253 g/mol. The normalized spacial score (nSPS) is 17.4. The van der Waals surface area contributed by atoms with Gasteiger partial charge in [-0.3, -0.25) is 4.99 Å². The second-order valence-electron chi connectivity index (χ2n) is 4.55. The number of hydrogen-bond donors (Lipinski definition) is 2. The van der Waals surface area contributed by atoms with Crippen molar-refractivity contribution in [1.29, 1.82) is 0 Å². The van der Waals surface area contributed by atoms with Crippen molar-refractivity contribution < 1.29 is 8.78 Å². The highest BCUT2D eigenvalue weighted by Gasteiger charge is 2.47. The van der Waals surface area contributed by atoms with Gasteiger partial charge in [-0.2, -0.15) is 0 Å². The fourth-order valence-electron chi connectivity index (χ4n) is 2.20. The molecule has 0 heterocycles. The molecule has 5 heteroatoms. The Morgan fingerprint density at radius 1 is 1.33 bits per heavy atom. The Morgan fingerprint density at radius 3 is 2.39 bits per heavy atom. The van der Waals surface area contributed by atoms with Crippen LogP contribution in [0.1, 0.15) is 18.4 Å². The van der Waals surface area contributed by atoms with Gasteiger partial charge in [-0.05, 0) is 25.0 Å². The molecule has 2 rings (SSSR count). The summed E-state index contributed by atoms with van der Waals surface area (Å²) in [6.45, 7) is 0.484. The van der Waals surface area contributed by atoms with Crippen molar-refractivity contribution in [3.8, 4) is 0 Å². The van der Waals surface area contributed by atoms with E-state index < -0.39 is 17.0 Å². The molecule has 1 aromatic rings. The molecular formula is C13H17F2N3. The van der Waals surface area contributed by atoms with Gasteiger partial charge in [-0.1, -0.05) is 6.07 Å². The van der Waals surface area contributed by atoms with Gasteiger partial charge in [0.1, 0.15) is 11.6 Å². The molecule has 18 heavy (non-hydrogen) atoms. The van der Waals surface area contributed by atoms with Crippen LogP contribution in [0.15, 0.2) is 23.2 Å². The maximum Gasteiger partial charge on any atom is 0.190 e. The predicted molar refractivity (Wildman–Crippen MR) is 67.7 cm³/mol. The van der Waals surface area contributed by atoms with Gasteiger partial charge in [0, 0.05) is 31.6 Å². The fraction of sp³-hybridized carbons (Fsp3) is 0.462. The number of halogens is 2. The van der Waals surface area contributed by atoms with Crippen LogP contribution >= 0.6 is 0 Å². The maximum absolute atomic E-state index is 13.8. The van der Waals surface area contributed by atoms with Crippen molar-refractivity contribution in [3.63, 3.8) is 0 Å². The molecule has 0 aromatic heterocycles. The summed E-state index contributed by atoms with van der Waals surface area (Å²) in [7, 11) is 3.40. The molecule has 0 radical (unpaired) electrons. The van der Waals surface area contributed by atoms with Gasteiger partial charge in [0.2, 0.25) is 0 Å². The second kappa shape index (κ2) is 4.92. The topological polar surface area (TPSA) is 36.4 Å². The fourth-order valence-corrected chi connectivity index (χ4v) is 2.20. The SMILES string of the molecule is CN=C(NC)NCC1(c2c(F)cccc2F)CC1. The highest BCUT2D eigenvalue weighted by Crippen LogP contribution is 2.49. The highest BCUT2D eigenvalue weighted by molar-refractivity contribution is 5.79. The summed E-state index contributed by atoms with van der Waals surface area (Å²) in [6, 6.07) is 4.01. The van der Waals surface area contributed by atoms with Gasteiger partial charge in [-0.25, -0.2) is 8.78 Å². The summed E-state index contributed by atoms with van der Waals surface area (Å²) in [5.41, 5.74) is -0.230. The third-order valence-electron chi connectivity index (χ3n) is 3.40. The van der Waals surface area contributed by atoms with E-state index in [4.69, 9.17) is 0 Å². The van der Waals surface area contributed by atoms with Crippen molar-refractivity contribution >= 4 is 5.96 Å². The van der Waals surface area contributed by atoms with Crippen LogP contribution in [0.25, 0.3) is 0 Å². The average molecular weight is 253 g/mol.